The summed E-state index contributed by atoms with van der Waals surface area (Å²) in [7, 11) is 1.39. The first-order chi connectivity index (χ1) is 9.61. The fraction of sp³-hybridized carbons (Fsp3) is 0.333. The van der Waals surface area contributed by atoms with Crippen LogP contribution in [0.1, 0.15) is 25.5 Å². The standard InChI is InChI=1S/C15H19N3O2/c1-11(17-12(2)15(19)20-3)13-4-6-14(7-5-13)18-9-8-16-10-18/h4-12,17H,1-3H3. The van der Waals surface area contributed by atoms with Crippen LogP contribution in [0, 0.1) is 0 Å². The van der Waals surface area contributed by atoms with Crippen LogP contribution >= 0.6 is 0 Å². The Hall–Kier alpha value is -2.14. The number of nitrogens with zero attached hydrogens (tertiary/aromatic N) is 2. The van der Waals surface area contributed by atoms with E-state index in [1.165, 1.54) is 7.11 Å². The molecule has 106 valence electrons. The molecule has 1 heterocycles. The van der Waals surface area contributed by atoms with E-state index in [9.17, 15) is 4.79 Å². The second-order valence-electron chi connectivity index (χ2n) is 4.69. The summed E-state index contributed by atoms with van der Waals surface area (Å²) in [6, 6.07) is 7.87. The number of methoxy groups -OCH3 is 1. The van der Waals surface area contributed by atoms with E-state index in [1.54, 1.807) is 19.4 Å². The lowest BCUT2D eigenvalue weighted by Gasteiger charge is -2.19. The first-order valence-corrected chi connectivity index (χ1v) is 6.54. The summed E-state index contributed by atoms with van der Waals surface area (Å²) in [6.07, 6.45) is 5.40. The maximum absolute atomic E-state index is 11.4. The zero-order valence-electron chi connectivity index (χ0n) is 11.9. The first-order valence-electron chi connectivity index (χ1n) is 6.54. The molecule has 0 radical (unpaired) electrons. The van der Waals surface area contributed by atoms with Crippen LogP contribution in [0.5, 0.6) is 0 Å². The predicted molar refractivity (Wildman–Crippen MR) is 76.6 cm³/mol. The number of ether oxygens (including phenoxy) is 1. The second-order valence-corrected chi connectivity index (χ2v) is 4.69. The van der Waals surface area contributed by atoms with Crippen LogP contribution in [-0.4, -0.2) is 28.7 Å². The van der Waals surface area contributed by atoms with Crippen molar-refractivity contribution in [3.8, 4) is 5.69 Å². The number of carbonyl (C=O) groups excluding carboxylic acids is 1. The van der Waals surface area contributed by atoms with E-state index in [4.69, 9.17) is 4.74 Å². The van der Waals surface area contributed by atoms with Crippen molar-refractivity contribution in [3.05, 3.63) is 48.5 Å². The molecule has 1 N–H and O–H groups in total. The van der Waals surface area contributed by atoms with Gasteiger partial charge in [-0.25, -0.2) is 4.98 Å². The van der Waals surface area contributed by atoms with Crippen molar-refractivity contribution in [2.75, 3.05) is 7.11 Å². The molecule has 20 heavy (non-hydrogen) atoms. The Morgan fingerprint density at radius 1 is 1.30 bits per heavy atom. The van der Waals surface area contributed by atoms with E-state index in [0.717, 1.165) is 11.3 Å². The Labute approximate surface area is 118 Å². The minimum absolute atomic E-state index is 0.0703. The van der Waals surface area contributed by atoms with Crippen LogP contribution in [-0.2, 0) is 9.53 Å². The highest BCUT2D eigenvalue weighted by molar-refractivity contribution is 5.75. The zero-order valence-corrected chi connectivity index (χ0v) is 11.9. The Morgan fingerprint density at radius 2 is 2.00 bits per heavy atom. The summed E-state index contributed by atoms with van der Waals surface area (Å²) in [4.78, 5) is 15.4. The molecule has 0 fully saturated rings. The molecule has 2 atom stereocenters. The van der Waals surface area contributed by atoms with Crippen LogP contribution in [0.25, 0.3) is 5.69 Å². The molecule has 0 aliphatic heterocycles. The Kier molecular flexibility index (Phi) is 4.53. The van der Waals surface area contributed by atoms with E-state index < -0.39 is 0 Å². The van der Waals surface area contributed by atoms with Gasteiger partial charge in [-0.3, -0.25) is 10.1 Å². The topological polar surface area (TPSA) is 56.1 Å². The third-order valence-corrected chi connectivity index (χ3v) is 3.25. The lowest BCUT2D eigenvalue weighted by Crippen LogP contribution is -2.36. The molecule has 0 spiro atoms. The maximum atomic E-state index is 11.4. The average Bonchev–Trinajstić information content (AvgIpc) is 3.00. The molecule has 0 aliphatic carbocycles. The lowest BCUT2D eigenvalue weighted by atomic mass is 10.1. The third kappa shape index (κ3) is 3.24. The fourth-order valence-electron chi connectivity index (χ4n) is 2.06. The molecule has 2 rings (SSSR count). The van der Waals surface area contributed by atoms with Gasteiger partial charge in [0.2, 0.25) is 0 Å². The molecule has 2 aromatic rings. The van der Waals surface area contributed by atoms with Gasteiger partial charge in [0, 0.05) is 24.1 Å². The molecule has 0 saturated carbocycles. The van der Waals surface area contributed by atoms with Gasteiger partial charge in [0.1, 0.15) is 6.04 Å². The van der Waals surface area contributed by atoms with Gasteiger partial charge in [0.15, 0.2) is 0 Å². The second kappa shape index (κ2) is 6.34. The third-order valence-electron chi connectivity index (χ3n) is 3.25. The number of imidazole rings is 1. The number of hydrogen-bond acceptors (Lipinski definition) is 4. The molecule has 2 unspecified atom stereocenters. The molecule has 1 aromatic heterocycles. The van der Waals surface area contributed by atoms with Crippen molar-refractivity contribution in [2.24, 2.45) is 0 Å². The van der Waals surface area contributed by atoms with Crippen molar-refractivity contribution < 1.29 is 9.53 Å². The van der Waals surface area contributed by atoms with Gasteiger partial charge in [0.05, 0.1) is 13.4 Å². The van der Waals surface area contributed by atoms with Crippen molar-refractivity contribution in [1.82, 2.24) is 14.9 Å². The highest BCUT2D eigenvalue weighted by Crippen LogP contribution is 2.16. The van der Waals surface area contributed by atoms with E-state index in [-0.39, 0.29) is 18.1 Å². The number of aromatic nitrogens is 2. The number of esters is 1. The van der Waals surface area contributed by atoms with Crippen LogP contribution < -0.4 is 5.32 Å². The molecule has 0 aliphatic rings. The summed E-state index contributed by atoms with van der Waals surface area (Å²) in [5.41, 5.74) is 2.17. The van der Waals surface area contributed by atoms with Gasteiger partial charge in [-0.1, -0.05) is 12.1 Å². The predicted octanol–water partition coefficient (Wildman–Crippen LogP) is 2.08. The monoisotopic (exact) mass is 273 g/mol. The molecular formula is C15H19N3O2. The number of benzene rings is 1. The highest BCUT2D eigenvalue weighted by Gasteiger charge is 2.16. The van der Waals surface area contributed by atoms with Gasteiger partial charge in [0.25, 0.3) is 0 Å². The van der Waals surface area contributed by atoms with Crippen LogP contribution in [0.15, 0.2) is 43.0 Å². The average molecular weight is 273 g/mol. The maximum Gasteiger partial charge on any atom is 0.322 e. The molecule has 5 heteroatoms. The minimum atomic E-state index is -0.330. The van der Waals surface area contributed by atoms with Gasteiger partial charge < -0.3 is 9.30 Å². The van der Waals surface area contributed by atoms with E-state index in [1.807, 2.05) is 42.0 Å². The van der Waals surface area contributed by atoms with Crippen LogP contribution in [0.4, 0.5) is 0 Å². The van der Waals surface area contributed by atoms with E-state index in [0.29, 0.717) is 0 Å². The molecule has 0 amide bonds. The van der Waals surface area contributed by atoms with Crippen molar-refractivity contribution in [3.63, 3.8) is 0 Å². The number of carbonyl (C=O) groups is 1. The van der Waals surface area contributed by atoms with Gasteiger partial charge in [-0.05, 0) is 31.5 Å². The van der Waals surface area contributed by atoms with Crippen molar-refractivity contribution in [2.45, 2.75) is 25.9 Å². The normalized spacial score (nSPS) is 13.8. The quantitative estimate of drug-likeness (QED) is 0.847. The number of rotatable bonds is 5. The van der Waals surface area contributed by atoms with Crippen molar-refractivity contribution in [1.29, 1.82) is 0 Å². The first kappa shape index (κ1) is 14.3. The smallest absolute Gasteiger partial charge is 0.322 e. The summed E-state index contributed by atoms with van der Waals surface area (Å²) >= 11 is 0. The Balaban J connectivity index is 2.04. The largest absolute Gasteiger partial charge is 0.468 e. The summed E-state index contributed by atoms with van der Waals surface area (Å²) in [5, 5.41) is 3.21. The number of nitrogens with one attached hydrogen (secondary N) is 1. The van der Waals surface area contributed by atoms with E-state index >= 15 is 0 Å². The fourth-order valence-corrected chi connectivity index (χ4v) is 2.06. The van der Waals surface area contributed by atoms with E-state index in [2.05, 4.69) is 10.3 Å². The summed E-state index contributed by atoms with van der Waals surface area (Å²) in [6.45, 7) is 3.81. The molecule has 0 bridgehead atoms. The van der Waals surface area contributed by atoms with Crippen molar-refractivity contribution >= 4 is 5.97 Å². The Bertz CT molecular complexity index is 549. The SMILES string of the molecule is COC(=O)C(C)NC(C)c1ccc(-n2ccnc2)cc1. The molecule has 5 nitrogen and oxygen atoms in total. The number of hydrogen-bond donors (Lipinski definition) is 1. The van der Waals surface area contributed by atoms with Crippen LogP contribution in [0.2, 0.25) is 0 Å². The van der Waals surface area contributed by atoms with Gasteiger partial charge in [-0.15, -0.1) is 0 Å². The minimum Gasteiger partial charge on any atom is -0.468 e. The lowest BCUT2D eigenvalue weighted by molar-refractivity contribution is -0.142. The summed E-state index contributed by atoms with van der Waals surface area (Å²) < 4.78 is 6.65. The highest BCUT2D eigenvalue weighted by atomic mass is 16.5. The van der Waals surface area contributed by atoms with Gasteiger partial charge in [-0.2, -0.15) is 0 Å². The molecule has 1 aromatic carbocycles. The van der Waals surface area contributed by atoms with Crippen LogP contribution in [0.3, 0.4) is 0 Å². The Morgan fingerprint density at radius 3 is 2.55 bits per heavy atom. The zero-order chi connectivity index (χ0) is 14.5. The summed E-state index contributed by atoms with van der Waals surface area (Å²) in [5.74, 6) is -0.258. The molecule has 0 saturated heterocycles. The van der Waals surface area contributed by atoms with Gasteiger partial charge >= 0.3 is 5.97 Å². The molecular weight excluding hydrogens is 254 g/mol.